The van der Waals surface area contributed by atoms with Crippen molar-refractivity contribution in [3.05, 3.63) is 89.5 Å². The van der Waals surface area contributed by atoms with E-state index in [-0.39, 0.29) is 84.2 Å². The molecule has 20 nitrogen and oxygen atoms in total. The van der Waals surface area contributed by atoms with Crippen molar-refractivity contribution in [2.75, 3.05) is 27.2 Å². The van der Waals surface area contributed by atoms with E-state index in [2.05, 4.69) is 36.6 Å². The fourth-order valence-electron chi connectivity index (χ4n) is 9.43. The van der Waals surface area contributed by atoms with E-state index in [9.17, 15) is 47.4 Å². The lowest BCUT2D eigenvalue weighted by atomic mass is 9.76. The summed E-state index contributed by atoms with van der Waals surface area (Å²) in [7, 11) is 1.35. The van der Waals surface area contributed by atoms with Crippen LogP contribution in [-0.4, -0.2) is 125 Å². The van der Waals surface area contributed by atoms with Gasteiger partial charge in [-0.3, -0.25) is 48.0 Å². The zero-order valence-corrected chi connectivity index (χ0v) is 48.3. The number of carbonyl (C=O) groups is 9. The first kappa shape index (κ1) is 63.8. The highest BCUT2D eigenvalue weighted by molar-refractivity contribution is 7.83. The van der Waals surface area contributed by atoms with Crippen LogP contribution in [-0.2, 0) is 60.3 Å². The van der Waals surface area contributed by atoms with Crippen LogP contribution in [0.4, 0.5) is 4.79 Å². The quantitative estimate of drug-likeness (QED) is 0.0327. The van der Waals surface area contributed by atoms with Crippen LogP contribution in [0.1, 0.15) is 132 Å². The van der Waals surface area contributed by atoms with E-state index in [1.54, 1.807) is 65.2 Å². The highest BCUT2D eigenvalue weighted by Crippen LogP contribution is 2.45. The number of primary amides is 1. The Labute approximate surface area is 462 Å². The molecule has 1 saturated carbocycles. The number of amides is 10. The average Bonchev–Trinajstić information content (AvgIpc) is 4.11. The summed E-state index contributed by atoms with van der Waals surface area (Å²) < 4.78 is 16.2. The van der Waals surface area contributed by atoms with E-state index in [4.69, 9.17) is 5.73 Å². The second-order valence-electron chi connectivity index (χ2n) is 22.7. The molecular formula is C57H84N10O10S. The van der Waals surface area contributed by atoms with Crippen molar-refractivity contribution >= 4 is 64.3 Å². The summed E-state index contributed by atoms with van der Waals surface area (Å²) in [5.74, 6) is -3.96. The third-order valence-electron chi connectivity index (χ3n) is 14.4. The van der Waals surface area contributed by atoms with Crippen molar-refractivity contribution < 1.29 is 47.4 Å². The van der Waals surface area contributed by atoms with Crippen LogP contribution < -0.4 is 42.4 Å². The van der Waals surface area contributed by atoms with Gasteiger partial charge in [0.2, 0.25) is 29.5 Å². The van der Waals surface area contributed by atoms with Gasteiger partial charge in [-0.25, -0.2) is 9.00 Å². The Morgan fingerprint density at radius 1 is 0.782 bits per heavy atom. The number of hydrogen-bond acceptors (Lipinski definition) is 11. The van der Waals surface area contributed by atoms with Gasteiger partial charge in [0.1, 0.15) is 18.1 Å². The molecule has 0 spiro atoms. The molecule has 9 N–H and O–H groups in total. The van der Waals surface area contributed by atoms with E-state index in [1.807, 2.05) is 78.8 Å². The third kappa shape index (κ3) is 17.6. The summed E-state index contributed by atoms with van der Waals surface area (Å²) in [5, 5.41) is 17.4. The third-order valence-corrected chi connectivity index (χ3v) is 15.5. The lowest BCUT2D eigenvalue weighted by molar-refractivity contribution is -0.141. The molecule has 21 heteroatoms. The van der Waals surface area contributed by atoms with Crippen LogP contribution in [0.25, 0.3) is 0 Å². The van der Waals surface area contributed by atoms with Crippen molar-refractivity contribution in [3.63, 3.8) is 0 Å². The lowest BCUT2D eigenvalue weighted by Crippen LogP contribution is -2.61. The van der Waals surface area contributed by atoms with Crippen LogP contribution in [0.5, 0.6) is 0 Å². The van der Waals surface area contributed by atoms with Crippen molar-refractivity contribution in [1.29, 1.82) is 0 Å². The molecule has 0 saturated heterocycles. The first-order chi connectivity index (χ1) is 36.5. The van der Waals surface area contributed by atoms with E-state index >= 15 is 0 Å². The minimum absolute atomic E-state index is 0.105. The van der Waals surface area contributed by atoms with Crippen molar-refractivity contribution in [3.8, 4) is 0 Å². The molecule has 428 valence electrons. The van der Waals surface area contributed by atoms with Gasteiger partial charge in [0.25, 0.3) is 17.7 Å². The maximum absolute atomic E-state index is 14.4. The molecule has 1 aliphatic heterocycles. The molecule has 2 aliphatic rings. The number of rotatable bonds is 29. The number of carbonyl (C=O) groups excluding carboxylic acids is 9. The van der Waals surface area contributed by atoms with Crippen LogP contribution in [0.3, 0.4) is 0 Å². The maximum atomic E-state index is 14.4. The van der Waals surface area contributed by atoms with Gasteiger partial charge in [0.05, 0.1) is 22.5 Å². The van der Waals surface area contributed by atoms with Gasteiger partial charge in [-0.15, -0.1) is 0 Å². The Balaban J connectivity index is 1.40. The molecule has 1 aliphatic carbocycles. The second kappa shape index (κ2) is 28.2. The topological polar surface area (TPSA) is 287 Å². The molecule has 0 radical (unpaired) electrons. The number of nitrogens with zero attached hydrogens (tertiary/aromatic N) is 2. The number of urea groups is 1. The standard InChI is InChI=1S/C57H84N10O10S/c1-35(2)42(66(12)53(75)48(55(6,7)8)63-52(74)47(59-11)56(9,10)38-20-15-13-16-21-38)34-37(5)49(71)65-78(77)40-26-24-39(25-27-40)57(30-31-57)64-50(72)41(22-19-32-60-54(58)76)61-51(73)46(36(3)4)62-43(68)23-17-14-18-33-67-44(69)28-29-45(67)70/h13,15-16,20-21,24-29,34-36,41-42,46-48,59H,14,17-19,22-23,30-33H2,1-12H3,(H,61,73)(H,62,68)(H,63,74)(H,64,72)(H,65,71)(H3,58,60,76)/b37-34+/t41-,42-,46-,47-,48-,78?/m1/s1. The maximum Gasteiger partial charge on any atom is 0.312 e. The molecule has 1 fully saturated rings. The van der Waals surface area contributed by atoms with Gasteiger partial charge < -0.3 is 42.5 Å². The van der Waals surface area contributed by atoms with Crippen LogP contribution in [0.2, 0.25) is 0 Å². The molecule has 1 heterocycles. The number of likely N-dealkylation sites (N-methyl/N-ethyl adjacent to an activating group) is 2. The Kier molecular flexibility index (Phi) is 23.1. The van der Waals surface area contributed by atoms with Crippen molar-refractivity contribution in [2.45, 2.75) is 167 Å². The molecule has 1 unspecified atom stereocenters. The summed E-state index contributed by atoms with van der Waals surface area (Å²) >= 11 is 0. The molecule has 78 heavy (non-hydrogen) atoms. The Morgan fingerprint density at radius 2 is 1.40 bits per heavy atom. The number of nitrogens with two attached hydrogens (primary N) is 1. The molecule has 10 amide bonds. The van der Waals surface area contributed by atoms with Crippen LogP contribution >= 0.6 is 0 Å². The monoisotopic (exact) mass is 1100 g/mol. The highest BCUT2D eigenvalue weighted by atomic mass is 32.2. The fourth-order valence-corrected chi connectivity index (χ4v) is 10.3. The number of imide groups is 1. The van der Waals surface area contributed by atoms with E-state index in [0.717, 1.165) is 10.5 Å². The zero-order valence-electron chi connectivity index (χ0n) is 47.5. The van der Waals surface area contributed by atoms with E-state index in [1.165, 1.54) is 17.1 Å². The molecule has 0 bridgehead atoms. The lowest BCUT2D eigenvalue weighted by Gasteiger charge is -2.40. The summed E-state index contributed by atoms with van der Waals surface area (Å²) in [6, 6.07) is 11.4. The van der Waals surface area contributed by atoms with E-state index < -0.39 is 81.3 Å². The predicted molar refractivity (Wildman–Crippen MR) is 299 cm³/mol. The Hall–Kier alpha value is -6.74. The van der Waals surface area contributed by atoms with Gasteiger partial charge in [-0.1, -0.05) is 117 Å². The number of nitrogens with one attached hydrogen (secondary N) is 7. The molecular weight excluding hydrogens is 1020 g/mol. The van der Waals surface area contributed by atoms with E-state index in [0.29, 0.717) is 37.7 Å². The average molecular weight is 1100 g/mol. The van der Waals surface area contributed by atoms with Crippen LogP contribution in [0, 0.1) is 17.3 Å². The Morgan fingerprint density at radius 3 is 1.94 bits per heavy atom. The van der Waals surface area contributed by atoms with Gasteiger partial charge in [0, 0.05) is 49.7 Å². The summed E-state index contributed by atoms with van der Waals surface area (Å²) in [6.07, 6.45) is 7.31. The van der Waals surface area contributed by atoms with Gasteiger partial charge >= 0.3 is 6.03 Å². The summed E-state index contributed by atoms with van der Waals surface area (Å²) in [6.45, 7) is 18.9. The fraction of sp³-hybridized carbons (Fsp3) is 0.561. The van der Waals surface area contributed by atoms with Gasteiger partial charge in [-0.05, 0) is 93.0 Å². The van der Waals surface area contributed by atoms with Crippen molar-refractivity contribution in [1.82, 2.24) is 46.4 Å². The largest absolute Gasteiger partial charge is 0.352 e. The SMILES string of the molecule is CN[C@H](C(=O)N[C@H](C(=O)N(C)[C@H](/C=C(\C)C(=O)NS(=O)c1ccc(C2(NC(=O)[C@@H](CCCNC(N)=O)NC(=O)[C@H](NC(=O)CCCCCN3C(=O)C=CC3=O)C(C)C)CC2)cc1)C(C)C)C(C)(C)C)C(C)(C)c1ccccc1. The molecule has 6 atom stereocenters. The predicted octanol–water partition coefficient (Wildman–Crippen LogP) is 4.02. The minimum atomic E-state index is -2.00. The minimum Gasteiger partial charge on any atom is -0.352 e. The number of hydrogen-bond donors (Lipinski definition) is 8. The first-order valence-corrected chi connectivity index (χ1v) is 28.0. The van der Waals surface area contributed by atoms with Crippen LogP contribution in [0.15, 0.2) is 83.3 Å². The highest BCUT2D eigenvalue weighted by Gasteiger charge is 2.47. The summed E-state index contributed by atoms with van der Waals surface area (Å²) in [4.78, 5) is 121. The smallest absolute Gasteiger partial charge is 0.312 e. The molecule has 4 rings (SSSR count). The molecule has 2 aromatic carbocycles. The zero-order chi connectivity index (χ0) is 58.3. The van der Waals surface area contributed by atoms with Gasteiger partial charge in [0.15, 0.2) is 11.0 Å². The number of benzene rings is 2. The first-order valence-electron chi connectivity index (χ1n) is 26.8. The Bertz CT molecular complexity index is 2550. The second-order valence-corrected chi connectivity index (χ2v) is 23.9. The normalized spacial score (nSPS) is 16.6. The molecule has 0 aromatic heterocycles. The number of unbranched alkanes of at least 4 members (excludes halogenated alkanes) is 2. The van der Waals surface area contributed by atoms with Crippen molar-refractivity contribution in [2.24, 2.45) is 23.0 Å². The van der Waals surface area contributed by atoms with Gasteiger partial charge in [-0.2, -0.15) is 0 Å². The summed E-state index contributed by atoms with van der Waals surface area (Å²) in [5.41, 5.74) is 5.02. The molecule has 2 aromatic rings.